The van der Waals surface area contributed by atoms with E-state index >= 15 is 0 Å². The maximum atomic E-state index is 11.5. The molecule has 0 aromatic heterocycles. The van der Waals surface area contributed by atoms with E-state index in [1.165, 1.54) is 0 Å². The summed E-state index contributed by atoms with van der Waals surface area (Å²) in [5, 5.41) is 28.3. The van der Waals surface area contributed by atoms with Gasteiger partial charge in [-0.05, 0) is 33.6 Å². The van der Waals surface area contributed by atoms with Crippen LogP contribution in [0, 0.1) is 15.5 Å². The fraction of sp³-hybridized carbons (Fsp3) is 0.727. The van der Waals surface area contributed by atoms with Crippen molar-refractivity contribution >= 4 is 18.0 Å². The highest BCUT2D eigenvalue weighted by Gasteiger charge is 2.25. The molecule has 0 fully saturated rings. The molecule has 0 spiro atoms. The Balaban J connectivity index is 4.49. The smallest absolute Gasteiger partial charge is 0.408 e. The number of amides is 1. The van der Waals surface area contributed by atoms with Gasteiger partial charge >= 0.3 is 12.1 Å². The zero-order valence-corrected chi connectivity index (χ0v) is 12.7. The number of carbonyl (C=O) groups is 2. The van der Waals surface area contributed by atoms with Crippen LogP contribution in [0.4, 0.5) is 4.79 Å². The summed E-state index contributed by atoms with van der Waals surface area (Å²) in [6.45, 7) is 4.64. The lowest BCUT2D eigenvalue weighted by atomic mass is 10.1. The van der Waals surface area contributed by atoms with E-state index in [1.807, 2.05) is 0 Å². The second-order valence-corrected chi connectivity index (χ2v) is 5.43. The Bertz CT molecular complexity index is 433. The van der Waals surface area contributed by atoms with E-state index in [0.717, 1.165) is 0 Å². The van der Waals surface area contributed by atoms with Crippen molar-refractivity contribution < 1.29 is 24.5 Å². The molecule has 11 nitrogen and oxygen atoms in total. The summed E-state index contributed by atoms with van der Waals surface area (Å²) in [4.78, 5) is 33.2. The van der Waals surface area contributed by atoms with Crippen LogP contribution < -0.4 is 11.1 Å². The number of rotatable bonds is 7. The van der Waals surface area contributed by atoms with Gasteiger partial charge < -0.3 is 20.9 Å². The van der Waals surface area contributed by atoms with E-state index in [2.05, 4.69) is 5.32 Å². The van der Waals surface area contributed by atoms with Crippen LogP contribution in [0.1, 0.15) is 33.6 Å². The zero-order valence-electron chi connectivity index (χ0n) is 12.7. The van der Waals surface area contributed by atoms with Gasteiger partial charge in [-0.3, -0.25) is 5.41 Å². The van der Waals surface area contributed by atoms with Crippen molar-refractivity contribution in [3.63, 3.8) is 0 Å². The van der Waals surface area contributed by atoms with Crippen molar-refractivity contribution in [2.24, 2.45) is 5.73 Å². The first-order chi connectivity index (χ1) is 9.94. The number of hydrogen-bond acceptors (Lipinski definition) is 6. The SMILES string of the molecule is CC(C)(C)OC(=O)N[C@@H](CCCN(C(=N)N)[N+](=O)[O-])C(=O)O. The van der Waals surface area contributed by atoms with Crippen LogP contribution >= 0.6 is 0 Å². The molecule has 0 bridgehead atoms. The molecular weight excluding hydrogens is 298 g/mol. The van der Waals surface area contributed by atoms with Gasteiger partial charge in [0.15, 0.2) is 5.03 Å². The number of guanidine groups is 1. The number of carboxylic acids is 1. The molecule has 1 atom stereocenters. The Kier molecular flexibility index (Phi) is 7.06. The van der Waals surface area contributed by atoms with E-state index < -0.39 is 34.7 Å². The van der Waals surface area contributed by atoms with Crippen LogP contribution in [-0.2, 0) is 9.53 Å². The highest BCUT2D eigenvalue weighted by atomic mass is 16.7. The molecule has 0 unspecified atom stereocenters. The first kappa shape index (κ1) is 19.4. The first-order valence-electron chi connectivity index (χ1n) is 6.42. The quantitative estimate of drug-likeness (QED) is 0.222. The Morgan fingerprint density at radius 2 is 2.05 bits per heavy atom. The van der Waals surface area contributed by atoms with Crippen molar-refractivity contribution in [1.82, 2.24) is 10.3 Å². The van der Waals surface area contributed by atoms with Crippen LogP contribution in [0.5, 0.6) is 0 Å². The number of nitro groups is 1. The number of ether oxygens (including phenoxy) is 1. The third-order valence-electron chi connectivity index (χ3n) is 2.33. The molecule has 5 N–H and O–H groups in total. The molecule has 0 saturated carbocycles. The second kappa shape index (κ2) is 8.00. The molecule has 0 radical (unpaired) electrons. The fourth-order valence-corrected chi connectivity index (χ4v) is 1.44. The van der Waals surface area contributed by atoms with Gasteiger partial charge in [-0.1, -0.05) is 5.01 Å². The Morgan fingerprint density at radius 3 is 2.41 bits per heavy atom. The predicted molar refractivity (Wildman–Crippen MR) is 75.6 cm³/mol. The number of carboxylic acid groups (broad SMARTS) is 1. The molecule has 0 aromatic carbocycles. The number of alkyl carbamates (subject to hydrolysis) is 1. The summed E-state index contributed by atoms with van der Waals surface area (Å²) in [7, 11) is 0. The molecule has 0 rings (SSSR count). The summed E-state index contributed by atoms with van der Waals surface area (Å²) in [6.07, 6.45) is -0.933. The number of hydrazine groups is 1. The van der Waals surface area contributed by atoms with E-state index in [0.29, 0.717) is 5.01 Å². The van der Waals surface area contributed by atoms with Crippen LogP contribution in [0.2, 0.25) is 0 Å². The van der Waals surface area contributed by atoms with Crippen LogP contribution in [0.3, 0.4) is 0 Å². The summed E-state index contributed by atoms with van der Waals surface area (Å²) in [5.41, 5.74) is 4.25. The topological polar surface area (TPSA) is 172 Å². The molecule has 22 heavy (non-hydrogen) atoms. The highest BCUT2D eigenvalue weighted by Crippen LogP contribution is 2.08. The second-order valence-electron chi connectivity index (χ2n) is 5.43. The van der Waals surface area contributed by atoms with Gasteiger partial charge in [0.2, 0.25) is 0 Å². The minimum Gasteiger partial charge on any atom is -0.480 e. The maximum absolute atomic E-state index is 11.5. The minimum absolute atomic E-state index is 0.0350. The van der Waals surface area contributed by atoms with Gasteiger partial charge in [-0.25, -0.2) is 19.7 Å². The van der Waals surface area contributed by atoms with E-state index in [4.69, 9.17) is 21.0 Å². The molecule has 0 heterocycles. The zero-order chi connectivity index (χ0) is 17.5. The molecule has 0 aliphatic rings. The van der Waals surface area contributed by atoms with Gasteiger partial charge in [-0.15, -0.1) is 0 Å². The predicted octanol–water partition coefficient (Wildman–Crippen LogP) is 0.132. The van der Waals surface area contributed by atoms with Gasteiger partial charge in [0, 0.05) is 0 Å². The number of hydrogen-bond donors (Lipinski definition) is 4. The number of nitrogens with two attached hydrogens (primary N) is 1. The molecule has 11 heteroatoms. The summed E-state index contributed by atoms with van der Waals surface area (Å²) < 4.78 is 4.94. The average molecular weight is 319 g/mol. The Hall–Kier alpha value is -2.59. The van der Waals surface area contributed by atoms with Gasteiger partial charge in [0.25, 0.3) is 5.96 Å². The molecule has 0 aromatic rings. The van der Waals surface area contributed by atoms with Gasteiger partial charge in [0.05, 0.1) is 6.54 Å². The monoisotopic (exact) mass is 319 g/mol. The Labute approximate surface area is 127 Å². The van der Waals surface area contributed by atoms with Crippen LogP contribution in [0.25, 0.3) is 0 Å². The molecule has 0 aliphatic heterocycles. The van der Waals surface area contributed by atoms with Crippen molar-refractivity contribution in [2.75, 3.05) is 6.54 Å². The van der Waals surface area contributed by atoms with Crippen molar-refractivity contribution in [2.45, 2.75) is 45.3 Å². The van der Waals surface area contributed by atoms with Crippen molar-refractivity contribution in [3.05, 3.63) is 10.1 Å². The first-order valence-corrected chi connectivity index (χ1v) is 6.42. The summed E-state index contributed by atoms with van der Waals surface area (Å²) in [5.74, 6) is -2.04. The van der Waals surface area contributed by atoms with E-state index in [-0.39, 0.29) is 19.4 Å². The standard InChI is InChI=1S/C11H21N5O6/c1-11(2,3)22-10(19)14-7(8(17)18)5-4-6-15(9(12)13)16(20)21/h7H,4-6H2,1-3H3,(H3,12,13)(H,14,19)(H,17,18)/t7-/m0/s1. The number of nitrogens with one attached hydrogen (secondary N) is 2. The lowest BCUT2D eigenvalue weighted by Crippen LogP contribution is -2.45. The minimum atomic E-state index is -1.29. The average Bonchev–Trinajstić information content (AvgIpc) is 2.29. The molecule has 0 saturated heterocycles. The number of carbonyl (C=O) groups excluding carboxylic acids is 1. The molecule has 1 amide bonds. The van der Waals surface area contributed by atoms with Crippen molar-refractivity contribution in [3.8, 4) is 0 Å². The largest absolute Gasteiger partial charge is 0.480 e. The Morgan fingerprint density at radius 1 is 1.50 bits per heavy atom. The van der Waals surface area contributed by atoms with Crippen molar-refractivity contribution in [1.29, 1.82) is 5.41 Å². The third-order valence-corrected chi connectivity index (χ3v) is 2.33. The van der Waals surface area contributed by atoms with E-state index in [9.17, 15) is 19.7 Å². The maximum Gasteiger partial charge on any atom is 0.408 e. The van der Waals surface area contributed by atoms with Crippen LogP contribution in [0.15, 0.2) is 0 Å². The summed E-state index contributed by atoms with van der Waals surface area (Å²) in [6, 6.07) is -1.25. The molecule has 0 aliphatic carbocycles. The number of nitrogens with zero attached hydrogens (tertiary/aromatic N) is 2. The summed E-state index contributed by atoms with van der Waals surface area (Å²) >= 11 is 0. The lowest BCUT2D eigenvalue weighted by Gasteiger charge is -2.22. The van der Waals surface area contributed by atoms with Gasteiger partial charge in [0.1, 0.15) is 11.6 Å². The highest BCUT2D eigenvalue weighted by molar-refractivity contribution is 5.80. The molecular formula is C11H21N5O6. The van der Waals surface area contributed by atoms with Gasteiger partial charge in [-0.2, -0.15) is 0 Å². The normalized spacial score (nSPS) is 12.1. The lowest BCUT2D eigenvalue weighted by molar-refractivity contribution is -0.629. The third kappa shape index (κ3) is 7.87. The molecule has 126 valence electrons. The number of aliphatic carboxylic acids is 1. The van der Waals surface area contributed by atoms with Crippen LogP contribution in [-0.4, -0.2) is 51.4 Å². The van der Waals surface area contributed by atoms with E-state index in [1.54, 1.807) is 20.8 Å². The fourth-order valence-electron chi connectivity index (χ4n) is 1.44.